The van der Waals surface area contributed by atoms with Gasteiger partial charge in [-0.05, 0) is 37.4 Å². The van der Waals surface area contributed by atoms with Crippen LogP contribution in [-0.2, 0) is 0 Å². The molecule has 88 valence electrons. The summed E-state index contributed by atoms with van der Waals surface area (Å²) in [4.78, 5) is 2.81. The van der Waals surface area contributed by atoms with Gasteiger partial charge in [0, 0.05) is 23.9 Å². The van der Waals surface area contributed by atoms with Gasteiger partial charge in [0.1, 0.15) is 0 Å². The average Bonchev–Trinajstić information content (AvgIpc) is 2.56. The molecule has 0 N–H and O–H groups in total. The zero-order valence-corrected chi connectivity index (χ0v) is 11.6. The molecule has 2 saturated heterocycles. The molecule has 0 aliphatic carbocycles. The summed E-state index contributed by atoms with van der Waals surface area (Å²) in [6.45, 7) is 11.9. The summed E-state index contributed by atoms with van der Waals surface area (Å²) in [5.74, 6) is 3.75. The monoisotopic (exact) mass is 227 g/mol. The summed E-state index contributed by atoms with van der Waals surface area (Å²) in [7, 11) is 0. The highest BCUT2D eigenvalue weighted by molar-refractivity contribution is 7.99. The van der Waals surface area contributed by atoms with Crippen LogP contribution in [0.2, 0.25) is 0 Å². The fraction of sp³-hybridized carbons (Fsp3) is 1.00. The molecule has 0 spiro atoms. The molecule has 1 nitrogen and oxygen atoms in total. The Balaban J connectivity index is 2.19. The topological polar surface area (TPSA) is 3.24 Å². The van der Waals surface area contributed by atoms with Crippen molar-refractivity contribution in [1.29, 1.82) is 0 Å². The van der Waals surface area contributed by atoms with Crippen molar-refractivity contribution in [3.8, 4) is 0 Å². The SMILES string of the molecule is CC(C)N1C2CSCC2CC1C(C)(C)C. The Morgan fingerprint density at radius 1 is 1.20 bits per heavy atom. The van der Waals surface area contributed by atoms with Crippen LogP contribution in [0, 0.1) is 11.3 Å². The maximum atomic E-state index is 2.81. The molecular weight excluding hydrogens is 202 g/mol. The Bertz CT molecular complexity index is 231. The molecule has 0 aromatic carbocycles. The molecule has 0 bridgehead atoms. The van der Waals surface area contributed by atoms with Gasteiger partial charge < -0.3 is 0 Å². The van der Waals surface area contributed by atoms with Crippen molar-refractivity contribution < 1.29 is 0 Å². The molecular formula is C13H25NS. The molecule has 15 heavy (non-hydrogen) atoms. The van der Waals surface area contributed by atoms with Gasteiger partial charge in [-0.25, -0.2) is 0 Å². The molecule has 2 rings (SSSR count). The Hall–Kier alpha value is 0.310. The van der Waals surface area contributed by atoms with E-state index in [0.29, 0.717) is 11.5 Å². The quantitative estimate of drug-likeness (QED) is 0.676. The predicted octanol–water partition coefficient (Wildman–Crippen LogP) is 3.25. The highest BCUT2D eigenvalue weighted by atomic mass is 32.2. The number of rotatable bonds is 1. The molecule has 2 heterocycles. The minimum Gasteiger partial charge on any atom is -0.293 e. The summed E-state index contributed by atoms with van der Waals surface area (Å²) >= 11 is 2.16. The molecule has 2 heteroatoms. The Kier molecular flexibility index (Phi) is 3.11. The van der Waals surface area contributed by atoms with E-state index < -0.39 is 0 Å². The molecule has 0 aromatic rings. The van der Waals surface area contributed by atoms with Gasteiger partial charge >= 0.3 is 0 Å². The maximum Gasteiger partial charge on any atom is 0.0228 e. The van der Waals surface area contributed by atoms with Crippen molar-refractivity contribution in [3.63, 3.8) is 0 Å². The van der Waals surface area contributed by atoms with Crippen molar-refractivity contribution >= 4 is 11.8 Å². The fourth-order valence-corrected chi connectivity index (χ4v) is 4.81. The lowest BCUT2D eigenvalue weighted by Crippen LogP contribution is -2.47. The summed E-state index contributed by atoms with van der Waals surface area (Å²) in [6.07, 6.45) is 1.43. The van der Waals surface area contributed by atoms with Gasteiger partial charge in [0.05, 0.1) is 0 Å². The van der Waals surface area contributed by atoms with E-state index in [2.05, 4.69) is 51.3 Å². The van der Waals surface area contributed by atoms with Crippen LogP contribution < -0.4 is 0 Å². The largest absolute Gasteiger partial charge is 0.293 e. The third-order valence-corrected chi connectivity index (χ3v) is 5.27. The smallest absolute Gasteiger partial charge is 0.0228 e. The third-order valence-electron chi connectivity index (χ3n) is 4.03. The third kappa shape index (κ3) is 2.08. The van der Waals surface area contributed by atoms with Crippen molar-refractivity contribution in [1.82, 2.24) is 4.90 Å². The summed E-state index contributed by atoms with van der Waals surface area (Å²) in [5, 5.41) is 0. The predicted molar refractivity (Wildman–Crippen MR) is 69.4 cm³/mol. The molecule has 2 fully saturated rings. The fourth-order valence-electron chi connectivity index (χ4n) is 3.33. The lowest BCUT2D eigenvalue weighted by Gasteiger charge is -2.40. The maximum absolute atomic E-state index is 2.81. The lowest BCUT2D eigenvalue weighted by atomic mass is 9.83. The number of fused-ring (bicyclic) bond motifs is 1. The average molecular weight is 227 g/mol. The van der Waals surface area contributed by atoms with E-state index in [-0.39, 0.29) is 0 Å². The first kappa shape index (κ1) is 11.8. The van der Waals surface area contributed by atoms with Crippen LogP contribution >= 0.6 is 11.8 Å². The summed E-state index contributed by atoms with van der Waals surface area (Å²) in [6, 6.07) is 2.38. The number of nitrogens with zero attached hydrogens (tertiary/aromatic N) is 1. The van der Waals surface area contributed by atoms with Crippen LogP contribution in [-0.4, -0.2) is 34.5 Å². The molecule has 0 saturated carbocycles. The van der Waals surface area contributed by atoms with Crippen molar-refractivity contribution in [2.45, 2.75) is 59.2 Å². The van der Waals surface area contributed by atoms with Crippen molar-refractivity contribution in [2.24, 2.45) is 11.3 Å². The molecule has 2 aliphatic rings. The van der Waals surface area contributed by atoms with Gasteiger partial charge in [-0.15, -0.1) is 0 Å². The first-order chi connectivity index (χ1) is 6.91. The van der Waals surface area contributed by atoms with E-state index in [1.807, 2.05) is 0 Å². The van der Waals surface area contributed by atoms with Gasteiger partial charge in [0.2, 0.25) is 0 Å². The lowest BCUT2D eigenvalue weighted by molar-refractivity contribution is 0.0835. The van der Waals surface area contributed by atoms with Crippen LogP contribution in [0.15, 0.2) is 0 Å². The first-order valence-electron chi connectivity index (χ1n) is 6.26. The van der Waals surface area contributed by atoms with Crippen LogP contribution in [0.25, 0.3) is 0 Å². The van der Waals surface area contributed by atoms with Gasteiger partial charge in [0.15, 0.2) is 0 Å². The second kappa shape index (κ2) is 3.96. The van der Waals surface area contributed by atoms with Gasteiger partial charge in [0.25, 0.3) is 0 Å². The number of hydrogen-bond acceptors (Lipinski definition) is 2. The Morgan fingerprint density at radius 3 is 2.40 bits per heavy atom. The minimum atomic E-state index is 0.444. The number of hydrogen-bond donors (Lipinski definition) is 0. The zero-order chi connectivity index (χ0) is 11.2. The van der Waals surface area contributed by atoms with E-state index in [4.69, 9.17) is 0 Å². The zero-order valence-electron chi connectivity index (χ0n) is 10.8. The first-order valence-corrected chi connectivity index (χ1v) is 7.42. The molecule has 0 amide bonds. The number of likely N-dealkylation sites (tertiary alicyclic amines) is 1. The molecule has 3 unspecified atom stereocenters. The second-order valence-corrected chi connectivity index (χ2v) is 7.60. The van der Waals surface area contributed by atoms with Gasteiger partial charge in [-0.3, -0.25) is 4.90 Å². The van der Waals surface area contributed by atoms with Crippen molar-refractivity contribution in [2.75, 3.05) is 11.5 Å². The van der Waals surface area contributed by atoms with E-state index in [1.165, 1.54) is 17.9 Å². The molecule has 0 radical (unpaired) electrons. The molecule has 0 aromatic heterocycles. The molecule has 2 aliphatic heterocycles. The minimum absolute atomic E-state index is 0.444. The van der Waals surface area contributed by atoms with Gasteiger partial charge in [-0.1, -0.05) is 20.8 Å². The highest BCUT2D eigenvalue weighted by Gasteiger charge is 2.48. The second-order valence-electron chi connectivity index (χ2n) is 6.52. The standard InChI is InChI=1S/C13H25NS/c1-9(2)14-11-8-15-7-10(11)6-12(14)13(3,4)5/h9-12H,6-8H2,1-5H3. The van der Waals surface area contributed by atoms with E-state index in [9.17, 15) is 0 Å². The van der Waals surface area contributed by atoms with Crippen LogP contribution in [0.3, 0.4) is 0 Å². The van der Waals surface area contributed by atoms with Crippen LogP contribution in [0.1, 0.15) is 41.0 Å². The summed E-state index contributed by atoms with van der Waals surface area (Å²) < 4.78 is 0. The highest BCUT2D eigenvalue weighted by Crippen LogP contribution is 2.45. The van der Waals surface area contributed by atoms with E-state index >= 15 is 0 Å². The van der Waals surface area contributed by atoms with Crippen molar-refractivity contribution in [3.05, 3.63) is 0 Å². The van der Waals surface area contributed by atoms with Gasteiger partial charge in [-0.2, -0.15) is 11.8 Å². The summed E-state index contributed by atoms with van der Waals surface area (Å²) in [5.41, 5.74) is 0.444. The van der Waals surface area contributed by atoms with E-state index in [1.54, 1.807) is 0 Å². The van der Waals surface area contributed by atoms with Crippen LogP contribution in [0.5, 0.6) is 0 Å². The van der Waals surface area contributed by atoms with Crippen LogP contribution in [0.4, 0.5) is 0 Å². The molecule has 3 atom stereocenters. The van der Waals surface area contributed by atoms with E-state index in [0.717, 1.165) is 18.0 Å². The number of thioether (sulfide) groups is 1. The normalized spacial score (nSPS) is 37.6. The Labute approximate surface area is 99.0 Å². The Morgan fingerprint density at radius 2 is 1.87 bits per heavy atom.